The molecule has 0 fully saturated rings. The zero-order valence-electron chi connectivity index (χ0n) is 12.2. The molecule has 0 bridgehead atoms. The highest BCUT2D eigenvalue weighted by atomic mass is 32.2. The van der Waals surface area contributed by atoms with Crippen LogP contribution < -0.4 is 10.0 Å². The van der Waals surface area contributed by atoms with Gasteiger partial charge in [0.25, 0.3) is 0 Å². The minimum absolute atomic E-state index is 0.0769. The normalized spacial score (nSPS) is 13.4. The molecule has 1 rings (SSSR count). The van der Waals surface area contributed by atoms with Gasteiger partial charge in [-0.3, -0.25) is 0 Å². The number of benzene rings is 1. The molecule has 8 heteroatoms. The minimum atomic E-state index is -4.12. The van der Waals surface area contributed by atoms with Gasteiger partial charge in [0.15, 0.2) is 11.6 Å². The van der Waals surface area contributed by atoms with E-state index in [2.05, 4.69) is 10.0 Å². The maximum atomic E-state index is 13.8. The van der Waals surface area contributed by atoms with Crippen LogP contribution in [0, 0.1) is 17.6 Å². The highest BCUT2D eigenvalue weighted by Crippen LogP contribution is 2.20. The summed E-state index contributed by atoms with van der Waals surface area (Å²) >= 11 is 0. The lowest BCUT2D eigenvalue weighted by Crippen LogP contribution is -2.31. The molecule has 0 spiro atoms. The Kier molecular flexibility index (Phi) is 6.66. The van der Waals surface area contributed by atoms with Crippen molar-refractivity contribution in [3.63, 3.8) is 0 Å². The van der Waals surface area contributed by atoms with Crippen LogP contribution in [0.3, 0.4) is 0 Å². The van der Waals surface area contributed by atoms with Crippen molar-refractivity contribution in [3.8, 4) is 0 Å². The summed E-state index contributed by atoms with van der Waals surface area (Å²) in [5.74, 6) is -2.65. The number of sulfonamides is 1. The standard InChI is InChI=1S/C13H20F2N2O3S/c1-9(8-20-3)6-17-21(18,19)12-5-10(7-16-2)4-11(14)13(12)15/h4-5,9,16-17H,6-8H2,1-3H3. The van der Waals surface area contributed by atoms with Crippen molar-refractivity contribution < 1.29 is 21.9 Å². The van der Waals surface area contributed by atoms with Crippen LogP contribution in [0.15, 0.2) is 17.0 Å². The van der Waals surface area contributed by atoms with E-state index in [4.69, 9.17) is 4.74 Å². The van der Waals surface area contributed by atoms with Crippen LogP contribution in [0.2, 0.25) is 0 Å². The number of nitrogens with one attached hydrogen (secondary N) is 2. The molecule has 2 N–H and O–H groups in total. The molecule has 0 aliphatic rings. The van der Waals surface area contributed by atoms with Crippen LogP contribution in [0.4, 0.5) is 8.78 Å². The number of ether oxygens (including phenoxy) is 1. The molecule has 0 amide bonds. The monoisotopic (exact) mass is 322 g/mol. The van der Waals surface area contributed by atoms with Gasteiger partial charge in [0, 0.05) is 26.8 Å². The second-order valence-corrected chi connectivity index (χ2v) is 6.57. The summed E-state index contributed by atoms with van der Waals surface area (Å²) in [7, 11) is -0.990. The molecule has 0 saturated heterocycles. The van der Waals surface area contributed by atoms with Gasteiger partial charge in [0.05, 0.1) is 0 Å². The van der Waals surface area contributed by atoms with Crippen LogP contribution in [-0.2, 0) is 21.3 Å². The fourth-order valence-corrected chi connectivity index (χ4v) is 3.09. The van der Waals surface area contributed by atoms with Crippen molar-refractivity contribution >= 4 is 10.0 Å². The third-order valence-electron chi connectivity index (χ3n) is 2.80. The maximum Gasteiger partial charge on any atom is 0.243 e. The Bertz CT molecular complexity index is 579. The van der Waals surface area contributed by atoms with E-state index < -0.39 is 26.6 Å². The largest absolute Gasteiger partial charge is 0.384 e. The van der Waals surface area contributed by atoms with E-state index in [1.54, 1.807) is 14.0 Å². The summed E-state index contributed by atoms with van der Waals surface area (Å²) < 4.78 is 58.6. The zero-order chi connectivity index (χ0) is 16.0. The third-order valence-corrected chi connectivity index (χ3v) is 4.22. The molecule has 5 nitrogen and oxygen atoms in total. The predicted octanol–water partition coefficient (Wildman–Crippen LogP) is 1.24. The molecule has 1 aromatic carbocycles. The van der Waals surface area contributed by atoms with Crippen molar-refractivity contribution in [1.29, 1.82) is 0 Å². The number of rotatable bonds is 8. The molecule has 0 aromatic heterocycles. The minimum Gasteiger partial charge on any atom is -0.384 e. The molecule has 1 atom stereocenters. The molecule has 0 aliphatic heterocycles. The first-order valence-electron chi connectivity index (χ1n) is 6.43. The molecule has 1 aromatic rings. The first-order valence-corrected chi connectivity index (χ1v) is 7.91. The van der Waals surface area contributed by atoms with Crippen LogP contribution in [0.25, 0.3) is 0 Å². The fraction of sp³-hybridized carbons (Fsp3) is 0.538. The predicted molar refractivity (Wildman–Crippen MR) is 75.4 cm³/mol. The van der Waals surface area contributed by atoms with E-state index in [9.17, 15) is 17.2 Å². The summed E-state index contributed by atoms with van der Waals surface area (Å²) in [4.78, 5) is -0.683. The van der Waals surface area contributed by atoms with E-state index >= 15 is 0 Å². The average molecular weight is 322 g/mol. The van der Waals surface area contributed by atoms with Crippen molar-refractivity contribution in [1.82, 2.24) is 10.0 Å². The molecule has 1 unspecified atom stereocenters. The van der Waals surface area contributed by atoms with Crippen molar-refractivity contribution in [3.05, 3.63) is 29.3 Å². The molecule has 0 aliphatic carbocycles. The average Bonchev–Trinajstić information content (AvgIpc) is 2.41. The quantitative estimate of drug-likeness (QED) is 0.756. The molecular weight excluding hydrogens is 302 g/mol. The van der Waals surface area contributed by atoms with Gasteiger partial charge in [-0.2, -0.15) is 0 Å². The van der Waals surface area contributed by atoms with Gasteiger partial charge in [-0.1, -0.05) is 6.92 Å². The van der Waals surface area contributed by atoms with E-state index in [1.165, 1.54) is 7.11 Å². The highest BCUT2D eigenvalue weighted by molar-refractivity contribution is 7.89. The second kappa shape index (κ2) is 7.79. The number of halogens is 2. The molecule has 120 valence electrons. The van der Waals surface area contributed by atoms with Gasteiger partial charge < -0.3 is 10.1 Å². The van der Waals surface area contributed by atoms with Gasteiger partial charge in [-0.05, 0) is 30.7 Å². The van der Waals surface area contributed by atoms with Crippen LogP contribution in [0.1, 0.15) is 12.5 Å². The second-order valence-electron chi connectivity index (χ2n) is 4.83. The SMILES string of the molecule is CNCc1cc(F)c(F)c(S(=O)(=O)NCC(C)COC)c1. The Balaban J connectivity index is 3.01. The van der Waals surface area contributed by atoms with E-state index in [1.807, 2.05) is 0 Å². The van der Waals surface area contributed by atoms with Crippen molar-refractivity contribution in [2.24, 2.45) is 5.92 Å². The Hall–Kier alpha value is -1.09. The van der Waals surface area contributed by atoms with Crippen molar-refractivity contribution in [2.45, 2.75) is 18.4 Å². The maximum absolute atomic E-state index is 13.8. The molecule has 21 heavy (non-hydrogen) atoms. The van der Waals surface area contributed by atoms with Crippen LogP contribution in [0.5, 0.6) is 0 Å². The van der Waals surface area contributed by atoms with Gasteiger partial charge in [-0.15, -0.1) is 0 Å². The molecule has 0 saturated carbocycles. The first kappa shape index (κ1) is 18.0. The third kappa shape index (κ3) is 4.99. The smallest absolute Gasteiger partial charge is 0.243 e. The van der Waals surface area contributed by atoms with Gasteiger partial charge in [-0.25, -0.2) is 21.9 Å². The lowest BCUT2D eigenvalue weighted by Gasteiger charge is -2.13. The number of hydrogen-bond donors (Lipinski definition) is 2. The lowest BCUT2D eigenvalue weighted by atomic mass is 10.2. The Morgan fingerprint density at radius 2 is 2.00 bits per heavy atom. The van der Waals surface area contributed by atoms with Gasteiger partial charge in [0.1, 0.15) is 4.90 Å². The zero-order valence-corrected chi connectivity index (χ0v) is 13.1. The molecule has 0 heterocycles. The van der Waals surface area contributed by atoms with Crippen molar-refractivity contribution in [2.75, 3.05) is 27.3 Å². The number of hydrogen-bond acceptors (Lipinski definition) is 4. The van der Waals surface area contributed by atoms with E-state index in [0.717, 1.165) is 12.1 Å². The summed E-state index contributed by atoms with van der Waals surface area (Å²) in [5.41, 5.74) is 0.349. The summed E-state index contributed by atoms with van der Waals surface area (Å²) in [6.45, 7) is 2.45. The van der Waals surface area contributed by atoms with E-state index in [-0.39, 0.29) is 19.0 Å². The summed E-state index contributed by atoms with van der Waals surface area (Å²) in [6, 6.07) is 2.09. The molecular formula is C13H20F2N2O3S. The van der Waals surface area contributed by atoms with Crippen LogP contribution in [-0.4, -0.2) is 35.7 Å². The Labute approximate surface area is 123 Å². The summed E-state index contributed by atoms with van der Waals surface area (Å²) in [5, 5.41) is 2.76. The lowest BCUT2D eigenvalue weighted by molar-refractivity contribution is 0.161. The highest BCUT2D eigenvalue weighted by Gasteiger charge is 2.23. The fourth-order valence-electron chi connectivity index (χ4n) is 1.79. The van der Waals surface area contributed by atoms with Crippen LogP contribution >= 0.6 is 0 Å². The van der Waals surface area contributed by atoms with Gasteiger partial charge in [0.2, 0.25) is 10.0 Å². The number of methoxy groups -OCH3 is 1. The topological polar surface area (TPSA) is 67.4 Å². The summed E-state index contributed by atoms with van der Waals surface area (Å²) in [6.07, 6.45) is 0. The van der Waals surface area contributed by atoms with E-state index in [0.29, 0.717) is 12.2 Å². The molecule has 0 radical (unpaired) electrons. The Morgan fingerprint density at radius 1 is 1.33 bits per heavy atom. The van der Waals surface area contributed by atoms with Gasteiger partial charge >= 0.3 is 0 Å². The Morgan fingerprint density at radius 3 is 2.57 bits per heavy atom. The first-order chi connectivity index (χ1) is 9.81.